The predicted octanol–water partition coefficient (Wildman–Crippen LogP) is 3.88. The van der Waals surface area contributed by atoms with Crippen molar-refractivity contribution < 1.29 is 9.53 Å². The minimum Gasteiger partial charge on any atom is -0.495 e. The largest absolute Gasteiger partial charge is 0.495 e. The average molecular weight is 393 g/mol. The summed E-state index contributed by atoms with van der Waals surface area (Å²) in [5.74, 6) is 0.650. The van der Waals surface area contributed by atoms with E-state index in [0.29, 0.717) is 5.56 Å². The van der Waals surface area contributed by atoms with Crippen LogP contribution in [0, 0.1) is 6.92 Å². The fraction of sp³-hybridized carbons (Fsp3) is 0.150. The summed E-state index contributed by atoms with van der Waals surface area (Å²) in [6.45, 7) is 1.97. The Morgan fingerprint density at radius 3 is 2.64 bits per heavy atom. The molecular formula is C20H19N5O2S. The highest BCUT2D eigenvalue weighted by Gasteiger charge is 2.15. The van der Waals surface area contributed by atoms with Gasteiger partial charge in [0, 0.05) is 23.7 Å². The second kappa shape index (κ2) is 7.32. The molecule has 0 unspecified atom stereocenters. The maximum atomic E-state index is 11.6. The minimum absolute atomic E-state index is 0.110. The number of hydrogen-bond donors (Lipinski definition) is 2. The first kappa shape index (κ1) is 18.0. The summed E-state index contributed by atoms with van der Waals surface area (Å²) in [5, 5.41) is 8.65. The summed E-state index contributed by atoms with van der Waals surface area (Å²) in [6.07, 6.45) is 1.91. The summed E-state index contributed by atoms with van der Waals surface area (Å²) in [7, 11) is 3.26. The standard InChI is InChI=1S/C20H19N5O2S/c1-12-18(25-10-15(27-3)8-9-17(25)22-12)16-11-28-20(24-16)23-14-6-4-13(5-7-14)19(26)21-2/h4-11H,1-3H3,(H,21,26)(H,23,24). The smallest absolute Gasteiger partial charge is 0.251 e. The Kier molecular flexibility index (Phi) is 4.70. The number of amides is 1. The van der Waals surface area contributed by atoms with Crippen LogP contribution in [-0.2, 0) is 0 Å². The molecule has 0 spiro atoms. The quantitative estimate of drug-likeness (QED) is 0.538. The second-order valence-corrected chi connectivity index (χ2v) is 7.02. The van der Waals surface area contributed by atoms with Crippen LogP contribution in [0.25, 0.3) is 17.0 Å². The van der Waals surface area contributed by atoms with E-state index in [2.05, 4.69) is 15.6 Å². The lowest BCUT2D eigenvalue weighted by Crippen LogP contribution is -2.17. The van der Waals surface area contributed by atoms with Gasteiger partial charge in [0.2, 0.25) is 0 Å². The van der Waals surface area contributed by atoms with Gasteiger partial charge in [-0.15, -0.1) is 11.3 Å². The van der Waals surface area contributed by atoms with Crippen molar-refractivity contribution in [2.75, 3.05) is 19.5 Å². The van der Waals surface area contributed by atoms with Gasteiger partial charge in [-0.3, -0.25) is 9.20 Å². The fourth-order valence-electron chi connectivity index (χ4n) is 2.98. The number of nitrogens with zero attached hydrogens (tertiary/aromatic N) is 3. The van der Waals surface area contributed by atoms with Crippen LogP contribution in [0.3, 0.4) is 0 Å². The SMILES string of the molecule is CNC(=O)c1ccc(Nc2nc(-c3c(C)nc4ccc(OC)cn34)cs2)cc1. The topological polar surface area (TPSA) is 80.5 Å². The van der Waals surface area contributed by atoms with Gasteiger partial charge >= 0.3 is 0 Å². The van der Waals surface area contributed by atoms with E-state index in [1.54, 1.807) is 26.3 Å². The van der Waals surface area contributed by atoms with Crippen LogP contribution in [-0.4, -0.2) is 34.4 Å². The molecule has 1 aromatic carbocycles. The molecular weight excluding hydrogens is 374 g/mol. The molecule has 4 rings (SSSR count). The summed E-state index contributed by atoms with van der Waals surface area (Å²) in [5.41, 5.74) is 5.01. The number of rotatable bonds is 5. The Balaban J connectivity index is 1.62. The normalized spacial score (nSPS) is 10.8. The van der Waals surface area contributed by atoms with Gasteiger partial charge in [0.15, 0.2) is 5.13 Å². The van der Waals surface area contributed by atoms with Crippen molar-refractivity contribution in [2.45, 2.75) is 6.92 Å². The molecule has 1 amide bonds. The molecule has 0 aliphatic rings. The fourth-order valence-corrected chi connectivity index (χ4v) is 3.70. The number of aromatic nitrogens is 3. The van der Waals surface area contributed by atoms with Crippen LogP contribution in [0.5, 0.6) is 5.75 Å². The maximum absolute atomic E-state index is 11.6. The van der Waals surface area contributed by atoms with Crippen LogP contribution in [0.4, 0.5) is 10.8 Å². The number of pyridine rings is 1. The van der Waals surface area contributed by atoms with E-state index in [1.807, 2.05) is 47.2 Å². The average Bonchev–Trinajstić information content (AvgIpc) is 3.30. The lowest BCUT2D eigenvalue weighted by atomic mass is 10.2. The molecule has 2 N–H and O–H groups in total. The van der Waals surface area contributed by atoms with Gasteiger partial charge in [-0.2, -0.15) is 0 Å². The zero-order chi connectivity index (χ0) is 19.7. The molecule has 0 fully saturated rings. The Hall–Kier alpha value is -3.39. The van der Waals surface area contributed by atoms with Crippen molar-refractivity contribution in [3.63, 3.8) is 0 Å². The van der Waals surface area contributed by atoms with Crippen LogP contribution < -0.4 is 15.4 Å². The van der Waals surface area contributed by atoms with Crippen molar-refractivity contribution in [3.8, 4) is 17.1 Å². The molecule has 142 valence electrons. The Morgan fingerprint density at radius 2 is 1.93 bits per heavy atom. The summed E-state index contributed by atoms with van der Waals surface area (Å²) < 4.78 is 7.33. The predicted molar refractivity (Wildman–Crippen MR) is 111 cm³/mol. The summed E-state index contributed by atoms with van der Waals surface area (Å²) >= 11 is 1.51. The number of carbonyl (C=O) groups excluding carboxylic acids is 1. The molecule has 28 heavy (non-hydrogen) atoms. The molecule has 3 heterocycles. The number of fused-ring (bicyclic) bond motifs is 1. The van der Waals surface area contributed by atoms with Gasteiger partial charge < -0.3 is 15.4 Å². The van der Waals surface area contributed by atoms with E-state index in [9.17, 15) is 4.79 Å². The number of benzene rings is 1. The van der Waals surface area contributed by atoms with Crippen LogP contribution in [0.15, 0.2) is 48.0 Å². The van der Waals surface area contributed by atoms with Crippen molar-refractivity contribution >= 4 is 33.7 Å². The number of thiazole rings is 1. The van der Waals surface area contributed by atoms with E-state index in [-0.39, 0.29) is 5.91 Å². The lowest BCUT2D eigenvalue weighted by Gasteiger charge is -2.05. The van der Waals surface area contributed by atoms with Crippen molar-refractivity contribution in [2.24, 2.45) is 0 Å². The monoisotopic (exact) mass is 393 g/mol. The summed E-state index contributed by atoms with van der Waals surface area (Å²) in [4.78, 5) is 21.0. The van der Waals surface area contributed by atoms with Gasteiger partial charge in [-0.05, 0) is 43.3 Å². The molecule has 7 nitrogen and oxygen atoms in total. The number of hydrogen-bond acceptors (Lipinski definition) is 6. The minimum atomic E-state index is -0.110. The van der Waals surface area contributed by atoms with E-state index in [1.165, 1.54) is 11.3 Å². The lowest BCUT2D eigenvalue weighted by molar-refractivity contribution is 0.0963. The first-order valence-electron chi connectivity index (χ1n) is 8.67. The Bertz CT molecular complexity index is 1150. The van der Waals surface area contributed by atoms with Crippen LogP contribution >= 0.6 is 11.3 Å². The van der Waals surface area contributed by atoms with Crippen molar-refractivity contribution in [1.82, 2.24) is 19.7 Å². The highest BCUT2D eigenvalue weighted by atomic mass is 32.1. The number of ether oxygens (including phenoxy) is 1. The van der Waals surface area contributed by atoms with Gasteiger partial charge in [-0.25, -0.2) is 9.97 Å². The molecule has 0 saturated heterocycles. The van der Waals surface area contributed by atoms with E-state index in [0.717, 1.165) is 39.3 Å². The first-order chi connectivity index (χ1) is 13.6. The molecule has 0 aliphatic heterocycles. The molecule has 0 bridgehead atoms. The molecule has 8 heteroatoms. The zero-order valence-corrected chi connectivity index (χ0v) is 16.5. The first-order valence-corrected chi connectivity index (χ1v) is 9.55. The highest BCUT2D eigenvalue weighted by molar-refractivity contribution is 7.14. The third-order valence-corrected chi connectivity index (χ3v) is 5.13. The number of nitrogens with one attached hydrogen (secondary N) is 2. The zero-order valence-electron chi connectivity index (χ0n) is 15.7. The van der Waals surface area contributed by atoms with E-state index >= 15 is 0 Å². The highest BCUT2D eigenvalue weighted by Crippen LogP contribution is 2.30. The number of carbonyl (C=O) groups is 1. The second-order valence-electron chi connectivity index (χ2n) is 6.16. The van der Waals surface area contributed by atoms with Gasteiger partial charge in [-0.1, -0.05) is 0 Å². The number of methoxy groups -OCH3 is 1. The number of anilines is 2. The third kappa shape index (κ3) is 3.29. The van der Waals surface area contributed by atoms with Gasteiger partial charge in [0.25, 0.3) is 5.91 Å². The molecule has 3 aromatic heterocycles. The maximum Gasteiger partial charge on any atom is 0.251 e. The van der Waals surface area contributed by atoms with Gasteiger partial charge in [0.05, 0.1) is 24.7 Å². The van der Waals surface area contributed by atoms with E-state index in [4.69, 9.17) is 9.72 Å². The molecule has 4 aromatic rings. The Morgan fingerprint density at radius 1 is 1.14 bits per heavy atom. The van der Waals surface area contributed by atoms with Crippen LogP contribution in [0.1, 0.15) is 16.1 Å². The Labute approximate surface area is 166 Å². The summed E-state index contributed by atoms with van der Waals surface area (Å²) in [6, 6.07) is 11.1. The van der Waals surface area contributed by atoms with Crippen LogP contribution in [0.2, 0.25) is 0 Å². The third-order valence-electron chi connectivity index (χ3n) is 4.37. The molecule has 0 radical (unpaired) electrons. The number of imidazole rings is 1. The van der Waals surface area contributed by atoms with E-state index < -0.39 is 0 Å². The van der Waals surface area contributed by atoms with Crippen molar-refractivity contribution in [1.29, 1.82) is 0 Å². The van der Waals surface area contributed by atoms with Gasteiger partial charge in [0.1, 0.15) is 17.1 Å². The van der Waals surface area contributed by atoms with Crippen molar-refractivity contribution in [3.05, 3.63) is 59.2 Å². The molecule has 0 saturated carbocycles. The number of aryl methyl sites for hydroxylation is 1. The molecule has 0 aliphatic carbocycles. The molecule has 0 atom stereocenters.